The van der Waals surface area contributed by atoms with Crippen molar-refractivity contribution < 1.29 is 17.7 Å². The minimum Gasteiger partial charge on any atom is -0.359 e. The van der Waals surface area contributed by atoms with Crippen LogP contribution in [-0.2, 0) is 10.0 Å². The molecule has 1 aliphatic rings. The molecule has 2 aromatic heterocycles. The average Bonchev–Trinajstić information content (AvgIpc) is 3.40. The van der Waals surface area contributed by atoms with Gasteiger partial charge in [0.25, 0.3) is 5.91 Å². The molecule has 4 rings (SSSR count). The third-order valence-corrected chi connectivity index (χ3v) is 7.26. The van der Waals surface area contributed by atoms with Gasteiger partial charge in [0.1, 0.15) is 17.2 Å². The van der Waals surface area contributed by atoms with Gasteiger partial charge >= 0.3 is 0 Å². The number of aromatic nitrogens is 3. The van der Waals surface area contributed by atoms with E-state index in [1.807, 2.05) is 0 Å². The van der Waals surface area contributed by atoms with Crippen molar-refractivity contribution in [1.82, 2.24) is 19.4 Å². The Labute approximate surface area is 174 Å². The minimum absolute atomic E-state index is 0.102. The van der Waals surface area contributed by atoms with E-state index < -0.39 is 15.9 Å². The zero-order chi connectivity index (χ0) is 21.3. The quantitative estimate of drug-likeness (QED) is 0.643. The Morgan fingerprint density at radius 3 is 2.67 bits per heavy atom. The number of rotatable bonds is 5. The van der Waals surface area contributed by atoms with E-state index in [2.05, 4.69) is 20.4 Å². The van der Waals surface area contributed by atoms with Crippen molar-refractivity contribution in [1.29, 1.82) is 0 Å². The van der Waals surface area contributed by atoms with Crippen LogP contribution < -0.4 is 5.32 Å². The molecule has 0 radical (unpaired) electrons. The van der Waals surface area contributed by atoms with Gasteiger partial charge in [-0.25, -0.2) is 13.4 Å². The number of piperidine rings is 1. The Morgan fingerprint density at radius 2 is 2.03 bits per heavy atom. The fourth-order valence-electron chi connectivity index (χ4n) is 3.66. The summed E-state index contributed by atoms with van der Waals surface area (Å²) in [6.45, 7) is 4.23. The van der Waals surface area contributed by atoms with Crippen LogP contribution in [0.3, 0.4) is 0 Å². The number of sulfonamides is 1. The number of imidazole rings is 1. The molecule has 0 spiro atoms. The summed E-state index contributed by atoms with van der Waals surface area (Å²) in [5, 5.41) is 6.55. The molecule has 1 aromatic carbocycles. The van der Waals surface area contributed by atoms with Crippen molar-refractivity contribution in [2.24, 2.45) is 0 Å². The summed E-state index contributed by atoms with van der Waals surface area (Å²) in [5.74, 6) is 1.19. The van der Waals surface area contributed by atoms with Crippen molar-refractivity contribution >= 4 is 21.6 Å². The van der Waals surface area contributed by atoms with E-state index in [0.717, 1.165) is 5.82 Å². The SMILES string of the molecule is Cc1noc(C)c1NC(=O)c1cccc(S(=O)(=O)N2CCC(c3ncc[nH]3)CC2)c1. The summed E-state index contributed by atoms with van der Waals surface area (Å²) in [6, 6.07) is 6.07. The lowest BCUT2D eigenvalue weighted by atomic mass is 9.98. The van der Waals surface area contributed by atoms with Crippen molar-refractivity contribution in [2.75, 3.05) is 18.4 Å². The second-order valence-corrected chi connectivity index (χ2v) is 9.27. The van der Waals surface area contributed by atoms with E-state index in [1.54, 1.807) is 38.4 Å². The lowest BCUT2D eigenvalue weighted by Crippen LogP contribution is -2.38. The highest BCUT2D eigenvalue weighted by atomic mass is 32.2. The van der Waals surface area contributed by atoms with Crippen LogP contribution in [0.25, 0.3) is 0 Å². The molecule has 158 valence electrons. The van der Waals surface area contributed by atoms with Gasteiger partial charge in [-0.2, -0.15) is 4.31 Å². The molecule has 1 fully saturated rings. The Balaban J connectivity index is 1.49. The molecule has 0 saturated carbocycles. The molecule has 0 unspecified atom stereocenters. The number of hydrogen-bond acceptors (Lipinski definition) is 6. The zero-order valence-electron chi connectivity index (χ0n) is 16.8. The van der Waals surface area contributed by atoms with E-state index in [0.29, 0.717) is 43.1 Å². The number of carbonyl (C=O) groups is 1. The topological polar surface area (TPSA) is 121 Å². The van der Waals surface area contributed by atoms with Gasteiger partial charge in [0.15, 0.2) is 5.76 Å². The molecule has 0 atom stereocenters. The first-order valence-corrected chi connectivity index (χ1v) is 11.1. The van der Waals surface area contributed by atoms with Crippen molar-refractivity contribution in [3.63, 3.8) is 0 Å². The molecular weight excluding hydrogens is 406 g/mol. The molecule has 0 bridgehead atoms. The Kier molecular flexibility index (Phi) is 5.44. The van der Waals surface area contributed by atoms with E-state index >= 15 is 0 Å². The van der Waals surface area contributed by atoms with Gasteiger partial charge in [0.2, 0.25) is 10.0 Å². The summed E-state index contributed by atoms with van der Waals surface area (Å²) >= 11 is 0. The number of amides is 1. The summed E-state index contributed by atoms with van der Waals surface area (Å²) < 4.78 is 32.8. The van der Waals surface area contributed by atoms with Gasteiger partial charge in [-0.1, -0.05) is 11.2 Å². The van der Waals surface area contributed by atoms with Crippen LogP contribution in [0.1, 0.15) is 46.4 Å². The maximum Gasteiger partial charge on any atom is 0.255 e. The van der Waals surface area contributed by atoms with E-state index in [-0.39, 0.29) is 16.4 Å². The predicted octanol–water partition coefficient (Wildman–Crippen LogP) is 2.84. The summed E-state index contributed by atoms with van der Waals surface area (Å²) in [4.78, 5) is 20.1. The Hall–Kier alpha value is -2.98. The number of benzene rings is 1. The first-order chi connectivity index (χ1) is 14.4. The third kappa shape index (κ3) is 3.88. The molecule has 1 amide bonds. The highest BCUT2D eigenvalue weighted by Crippen LogP contribution is 2.29. The lowest BCUT2D eigenvalue weighted by Gasteiger charge is -2.30. The number of aromatic amines is 1. The van der Waals surface area contributed by atoms with E-state index in [4.69, 9.17) is 4.52 Å². The number of carbonyl (C=O) groups excluding carboxylic acids is 1. The number of H-pyrrole nitrogens is 1. The molecule has 1 aliphatic heterocycles. The summed E-state index contributed by atoms with van der Waals surface area (Å²) in [6.07, 6.45) is 4.87. The van der Waals surface area contributed by atoms with Gasteiger partial charge in [-0.05, 0) is 44.9 Å². The highest BCUT2D eigenvalue weighted by molar-refractivity contribution is 7.89. The maximum absolute atomic E-state index is 13.1. The van der Waals surface area contributed by atoms with Crippen molar-refractivity contribution in [3.8, 4) is 0 Å². The molecular formula is C20H23N5O4S. The molecule has 30 heavy (non-hydrogen) atoms. The summed E-state index contributed by atoms with van der Waals surface area (Å²) in [5.41, 5.74) is 1.30. The van der Waals surface area contributed by atoms with Crippen LogP contribution in [0.5, 0.6) is 0 Å². The molecule has 3 aromatic rings. The molecule has 3 heterocycles. The molecule has 10 heteroatoms. The second kappa shape index (κ2) is 8.04. The number of anilines is 1. The van der Waals surface area contributed by atoms with Gasteiger partial charge in [-0.3, -0.25) is 4.79 Å². The van der Waals surface area contributed by atoms with Crippen LogP contribution in [0, 0.1) is 13.8 Å². The highest BCUT2D eigenvalue weighted by Gasteiger charge is 2.31. The average molecular weight is 430 g/mol. The molecule has 0 aliphatic carbocycles. The van der Waals surface area contributed by atoms with Gasteiger partial charge in [0, 0.05) is 37.0 Å². The Bertz CT molecular complexity index is 1130. The van der Waals surface area contributed by atoms with Crippen LogP contribution >= 0.6 is 0 Å². The molecule has 1 saturated heterocycles. The molecule has 9 nitrogen and oxygen atoms in total. The number of hydrogen-bond donors (Lipinski definition) is 2. The first kappa shape index (κ1) is 20.3. The van der Waals surface area contributed by atoms with Crippen LogP contribution in [0.2, 0.25) is 0 Å². The minimum atomic E-state index is -3.70. The standard InChI is InChI=1S/C20H23N5O4S/c1-13-18(14(2)29-24-13)23-20(26)16-4-3-5-17(12-16)30(27,28)25-10-6-15(7-11-25)19-21-8-9-22-19/h3-5,8-9,12,15H,6-7,10-11H2,1-2H3,(H,21,22)(H,23,26). The lowest BCUT2D eigenvalue weighted by molar-refractivity contribution is 0.102. The smallest absolute Gasteiger partial charge is 0.255 e. The second-order valence-electron chi connectivity index (χ2n) is 7.33. The molecule has 2 N–H and O–H groups in total. The third-order valence-electron chi connectivity index (χ3n) is 5.37. The number of aryl methyl sites for hydroxylation is 2. The van der Waals surface area contributed by atoms with Gasteiger partial charge in [0.05, 0.1) is 4.90 Å². The van der Waals surface area contributed by atoms with Gasteiger partial charge < -0.3 is 14.8 Å². The summed E-state index contributed by atoms with van der Waals surface area (Å²) in [7, 11) is -3.70. The fraction of sp³-hybridized carbons (Fsp3) is 0.350. The van der Waals surface area contributed by atoms with Crippen LogP contribution in [-0.4, -0.2) is 46.8 Å². The zero-order valence-corrected chi connectivity index (χ0v) is 17.6. The van der Waals surface area contributed by atoms with Crippen molar-refractivity contribution in [2.45, 2.75) is 37.5 Å². The largest absolute Gasteiger partial charge is 0.359 e. The van der Waals surface area contributed by atoms with Gasteiger partial charge in [-0.15, -0.1) is 0 Å². The van der Waals surface area contributed by atoms with E-state index in [9.17, 15) is 13.2 Å². The van der Waals surface area contributed by atoms with Crippen LogP contribution in [0.4, 0.5) is 5.69 Å². The maximum atomic E-state index is 13.1. The number of nitrogens with zero attached hydrogens (tertiary/aromatic N) is 3. The monoisotopic (exact) mass is 429 g/mol. The number of nitrogens with one attached hydrogen (secondary N) is 2. The predicted molar refractivity (Wildman–Crippen MR) is 110 cm³/mol. The first-order valence-electron chi connectivity index (χ1n) is 9.70. The Morgan fingerprint density at radius 1 is 1.27 bits per heavy atom. The fourth-order valence-corrected chi connectivity index (χ4v) is 5.18. The van der Waals surface area contributed by atoms with E-state index in [1.165, 1.54) is 16.4 Å². The normalized spacial score (nSPS) is 15.9. The van der Waals surface area contributed by atoms with Crippen LogP contribution in [0.15, 0.2) is 46.1 Å². The van der Waals surface area contributed by atoms with Crippen molar-refractivity contribution in [3.05, 3.63) is 59.5 Å².